The van der Waals surface area contributed by atoms with Crippen molar-refractivity contribution in [2.45, 2.75) is 6.54 Å². The summed E-state index contributed by atoms with van der Waals surface area (Å²) >= 11 is 0. The maximum absolute atomic E-state index is 12.9. The fourth-order valence-electron chi connectivity index (χ4n) is 3.31. The molecule has 7 heteroatoms. The monoisotopic (exact) mass is 391 g/mol. The van der Waals surface area contributed by atoms with E-state index >= 15 is 0 Å². The fourth-order valence-corrected chi connectivity index (χ4v) is 3.31. The molecule has 3 aromatic rings. The number of anilines is 2. The van der Waals surface area contributed by atoms with Gasteiger partial charge in [-0.2, -0.15) is 0 Å². The van der Waals surface area contributed by atoms with Crippen molar-refractivity contribution >= 4 is 17.4 Å². The summed E-state index contributed by atoms with van der Waals surface area (Å²) in [7, 11) is 0. The third kappa shape index (κ3) is 4.68. The van der Waals surface area contributed by atoms with Crippen molar-refractivity contribution < 1.29 is 9.18 Å². The zero-order valence-corrected chi connectivity index (χ0v) is 16.0. The van der Waals surface area contributed by atoms with E-state index in [0.29, 0.717) is 6.54 Å². The Bertz CT molecular complexity index is 939. The normalized spacial score (nSPS) is 14.0. The zero-order chi connectivity index (χ0) is 20.1. The number of aromatic nitrogens is 2. The highest BCUT2D eigenvalue weighted by Gasteiger charge is 2.19. The molecule has 1 aromatic heterocycles. The van der Waals surface area contributed by atoms with Gasteiger partial charge in [0.25, 0.3) is 5.91 Å². The number of carbonyl (C=O) groups is 1. The summed E-state index contributed by atoms with van der Waals surface area (Å²) in [6.45, 7) is 3.82. The van der Waals surface area contributed by atoms with Crippen LogP contribution in [0.4, 0.5) is 15.9 Å². The predicted molar refractivity (Wildman–Crippen MR) is 110 cm³/mol. The van der Waals surface area contributed by atoms with Crippen molar-refractivity contribution in [3.8, 4) is 0 Å². The fraction of sp³-hybridized carbons (Fsp3) is 0.227. The molecular formula is C22H22FN5O. The van der Waals surface area contributed by atoms with Crippen LogP contribution in [0.1, 0.15) is 16.1 Å². The molecular weight excluding hydrogens is 369 g/mol. The molecule has 1 amide bonds. The summed E-state index contributed by atoms with van der Waals surface area (Å²) in [5.74, 6) is 0.168. The van der Waals surface area contributed by atoms with Gasteiger partial charge in [0.2, 0.25) is 0 Å². The lowest BCUT2D eigenvalue weighted by Crippen LogP contribution is -2.46. The second kappa shape index (κ2) is 8.68. The zero-order valence-electron chi connectivity index (χ0n) is 16.0. The van der Waals surface area contributed by atoms with E-state index in [1.54, 1.807) is 18.3 Å². The molecule has 0 aliphatic carbocycles. The Morgan fingerprint density at radius 2 is 1.59 bits per heavy atom. The Kier molecular flexibility index (Phi) is 5.65. The topological polar surface area (TPSA) is 61.4 Å². The third-order valence-corrected chi connectivity index (χ3v) is 4.96. The molecule has 1 saturated heterocycles. The molecule has 0 spiro atoms. The van der Waals surface area contributed by atoms with Crippen LogP contribution in [-0.2, 0) is 6.54 Å². The van der Waals surface area contributed by atoms with Crippen molar-refractivity contribution in [1.82, 2.24) is 15.3 Å². The summed E-state index contributed by atoms with van der Waals surface area (Å²) in [6, 6.07) is 16.4. The average Bonchev–Trinajstić information content (AvgIpc) is 2.79. The van der Waals surface area contributed by atoms with Crippen LogP contribution in [0.15, 0.2) is 67.0 Å². The van der Waals surface area contributed by atoms with Crippen LogP contribution >= 0.6 is 0 Å². The van der Waals surface area contributed by atoms with Gasteiger partial charge in [-0.25, -0.2) is 14.4 Å². The Morgan fingerprint density at radius 3 is 2.24 bits per heavy atom. The average molecular weight is 391 g/mol. The molecule has 2 heterocycles. The van der Waals surface area contributed by atoms with E-state index in [1.807, 2.05) is 18.2 Å². The molecule has 0 radical (unpaired) electrons. The third-order valence-electron chi connectivity index (χ3n) is 4.96. The number of hydrogen-bond acceptors (Lipinski definition) is 5. The van der Waals surface area contributed by atoms with Crippen LogP contribution in [0.2, 0.25) is 0 Å². The van der Waals surface area contributed by atoms with Crippen molar-refractivity contribution in [2.24, 2.45) is 0 Å². The molecule has 4 rings (SSSR count). The molecule has 1 aliphatic rings. The van der Waals surface area contributed by atoms with Gasteiger partial charge >= 0.3 is 0 Å². The standard InChI is InChI=1S/C22H22FN5O/c23-18-8-6-17(7-9-18)14-26-22(29)20-15-25-21(16-24-20)28-12-10-27(11-13-28)19-4-2-1-3-5-19/h1-9,15-16H,10-14H2,(H,26,29). The summed E-state index contributed by atoms with van der Waals surface area (Å²) < 4.78 is 12.9. The van der Waals surface area contributed by atoms with Gasteiger partial charge in [-0.1, -0.05) is 30.3 Å². The minimum atomic E-state index is -0.303. The summed E-state index contributed by atoms with van der Waals surface area (Å²) in [6.07, 6.45) is 3.14. The number of hydrogen-bond donors (Lipinski definition) is 1. The van der Waals surface area contributed by atoms with Gasteiger partial charge in [0.15, 0.2) is 0 Å². The number of para-hydroxylation sites is 1. The Balaban J connectivity index is 1.31. The molecule has 148 valence electrons. The van der Waals surface area contributed by atoms with Crippen molar-refractivity contribution in [1.29, 1.82) is 0 Å². The van der Waals surface area contributed by atoms with E-state index in [4.69, 9.17) is 0 Å². The number of amides is 1. The second-order valence-corrected chi connectivity index (χ2v) is 6.88. The van der Waals surface area contributed by atoms with Gasteiger partial charge in [0, 0.05) is 38.4 Å². The largest absolute Gasteiger partial charge is 0.368 e. The van der Waals surface area contributed by atoms with Crippen LogP contribution in [-0.4, -0.2) is 42.1 Å². The van der Waals surface area contributed by atoms with E-state index in [2.05, 4.69) is 37.2 Å². The molecule has 6 nitrogen and oxygen atoms in total. The highest BCUT2D eigenvalue weighted by Crippen LogP contribution is 2.18. The minimum Gasteiger partial charge on any atom is -0.368 e. The van der Waals surface area contributed by atoms with Gasteiger partial charge in [-0.3, -0.25) is 4.79 Å². The summed E-state index contributed by atoms with van der Waals surface area (Å²) in [4.78, 5) is 25.5. The van der Waals surface area contributed by atoms with Crippen molar-refractivity contribution in [2.75, 3.05) is 36.0 Å². The maximum Gasteiger partial charge on any atom is 0.271 e. The van der Waals surface area contributed by atoms with Crippen LogP contribution < -0.4 is 15.1 Å². The first-order valence-corrected chi connectivity index (χ1v) is 9.59. The second-order valence-electron chi connectivity index (χ2n) is 6.88. The van der Waals surface area contributed by atoms with E-state index in [9.17, 15) is 9.18 Å². The van der Waals surface area contributed by atoms with Crippen molar-refractivity contribution in [3.63, 3.8) is 0 Å². The van der Waals surface area contributed by atoms with E-state index in [-0.39, 0.29) is 17.4 Å². The van der Waals surface area contributed by atoms with E-state index < -0.39 is 0 Å². The first-order chi connectivity index (χ1) is 14.2. The highest BCUT2D eigenvalue weighted by atomic mass is 19.1. The molecule has 1 fully saturated rings. The lowest BCUT2D eigenvalue weighted by atomic mass is 10.2. The Morgan fingerprint density at radius 1 is 0.897 bits per heavy atom. The van der Waals surface area contributed by atoms with Crippen LogP contribution in [0.3, 0.4) is 0 Å². The van der Waals surface area contributed by atoms with Crippen LogP contribution in [0.25, 0.3) is 0 Å². The minimum absolute atomic E-state index is 0.263. The molecule has 1 N–H and O–H groups in total. The van der Waals surface area contributed by atoms with Crippen molar-refractivity contribution in [3.05, 3.63) is 84.1 Å². The maximum atomic E-state index is 12.9. The molecule has 29 heavy (non-hydrogen) atoms. The number of carbonyl (C=O) groups excluding carboxylic acids is 1. The van der Waals surface area contributed by atoms with E-state index in [1.165, 1.54) is 24.0 Å². The Hall–Kier alpha value is -3.48. The molecule has 0 bridgehead atoms. The predicted octanol–water partition coefficient (Wildman–Crippen LogP) is 2.87. The number of benzene rings is 2. The van der Waals surface area contributed by atoms with Crippen LogP contribution in [0.5, 0.6) is 0 Å². The van der Waals surface area contributed by atoms with Gasteiger partial charge < -0.3 is 15.1 Å². The lowest BCUT2D eigenvalue weighted by molar-refractivity contribution is 0.0945. The van der Waals surface area contributed by atoms with E-state index in [0.717, 1.165) is 37.6 Å². The molecule has 2 aromatic carbocycles. The number of nitrogens with zero attached hydrogens (tertiary/aromatic N) is 4. The lowest BCUT2D eigenvalue weighted by Gasteiger charge is -2.36. The number of nitrogens with one attached hydrogen (secondary N) is 1. The molecule has 1 aliphatic heterocycles. The number of halogens is 1. The van der Waals surface area contributed by atoms with Gasteiger partial charge in [0.1, 0.15) is 17.3 Å². The molecule has 0 saturated carbocycles. The first-order valence-electron chi connectivity index (χ1n) is 9.59. The first kappa shape index (κ1) is 18.9. The number of rotatable bonds is 5. The highest BCUT2D eigenvalue weighted by molar-refractivity contribution is 5.91. The summed E-state index contributed by atoms with van der Waals surface area (Å²) in [5, 5.41) is 2.77. The summed E-state index contributed by atoms with van der Waals surface area (Å²) in [5.41, 5.74) is 2.31. The Labute approximate surface area is 169 Å². The van der Waals surface area contributed by atoms with Crippen LogP contribution in [0, 0.1) is 5.82 Å². The molecule has 0 atom stereocenters. The van der Waals surface area contributed by atoms with Gasteiger partial charge in [0.05, 0.1) is 12.4 Å². The quantitative estimate of drug-likeness (QED) is 0.725. The van der Waals surface area contributed by atoms with Gasteiger partial charge in [-0.15, -0.1) is 0 Å². The van der Waals surface area contributed by atoms with Gasteiger partial charge in [-0.05, 0) is 29.8 Å². The molecule has 0 unspecified atom stereocenters. The number of piperazine rings is 1. The smallest absolute Gasteiger partial charge is 0.271 e. The SMILES string of the molecule is O=C(NCc1ccc(F)cc1)c1cnc(N2CCN(c3ccccc3)CC2)cn1.